The summed E-state index contributed by atoms with van der Waals surface area (Å²) in [7, 11) is 2.00. The van der Waals surface area contributed by atoms with Crippen LogP contribution in [0.15, 0.2) is 82.4 Å². The SMILES string of the molecule is CN(c1ccccc1)c1ccc(/C=N/NC(=O)c2cc(Br)ccc2O)cc1. The first-order chi connectivity index (χ1) is 13.0. The summed E-state index contributed by atoms with van der Waals surface area (Å²) in [5, 5.41) is 13.7. The van der Waals surface area contributed by atoms with Crippen molar-refractivity contribution in [2.45, 2.75) is 0 Å². The van der Waals surface area contributed by atoms with Gasteiger partial charge in [-0.1, -0.05) is 46.3 Å². The van der Waals surface area contributed by atoms with Gasteiger partial charge < -0.3 is 10.0 Å². The fourth-order valence-electron chi connectivity index (χ4n) is 2.50. The third-order valence-electron chi connectivity index (χ3n) is 4.01. The summed E-state index contributed by atoms with van der Waals surface area (Å²) in [6.07, 6.45) is 1.55. The average molecular weight is 424 g/mol. The molecule has 0 heterocycles. The predicted octanol–water partition coefficient (Wildman–Crippen LogP) is 4.69. The topological polar surface area (TPSA) is 64.9 Å². The number of nitrogens with one attached hydrogen (secondary N) is 1. The van der Waals surface area contributed by atoms with Gasteiger partial charge in [0.1, 0.15) is 5.75 Å². The van der Waals surface area contributed by atoms with E-state index in [0.29, 0.717) is 4.47 Å². The molecule has 2 N–H and O–H groups in total. The summed E-state index contributed by atoms with van der Waals surface area (Å²) < 4.78 is 0.701. The van der Waals surface area contributed by atoms with E-state index in [9.17, 15) is 9.90 Å². The summed E-state index contributed by atoms with van der Waals surface area (Å²) in [6.45, 7) is 0. The minimum atomic E-state index is -0.481. The van der Waals surface area contributed by atoms with Gasteiger partial charge in [-0.25, -0.2) is 5.43 Å². The number of para-hydroxylation sites is 1. The Balaban J connectivity index is 1.64. The van der Waals surface area contributed by atoms with Crippen molar-refractivity contribution in [2.24, 2.45) is 5.10 Å². The molecule has 3 rings (SSSR count). The van der Waals surface area contributed by atoms with Crippen molar-refractivity contribution >= 4 is 39.4 Å². The molecule has 5 nitrogen and oxygen atoms in total. The Kier molecular flexibility index (Phi) is 5.88. The van der Waals surface area contributed by atoms with Gasteiger partial charge in [0.05, 0.1) is 11.8 Å². The molecule has 3 aromatic rings. The smallest absolute Gasteiger partial charge is 0.275 e. The zero-order valence-electron chi connectivity index (χ0n) is 14.6. The number of phenols is 1. The van der Waals surface area contributed by atoms with Crippen LogP contribution in [0.4, 0.5) is 11.4 Å². The molecular weight excluding hydrogens is 406 g/mol. The Labute approximate surface area is 166 Å². The number of hydrogen-bond acceptors (Lipinski definition) is 4. The molecule has 0 aliphatic heterocycles. The molecule has 136 valence electrons. The van der Waals surface area contributed by atoms with Crippen LogP contribution in [0.5, 0.6) is 5.75 Å². The average Bonchev–Trinajstić information content (AvgIpc) is 2.70. The fraction of sp³-hybridized carbons (Fsp3) is 0.0476. The number of phenolic OH excluding ortho intramolecular Hbond substituents is 1. The molecule has 27 heavy (non-hydrogen) atoms. The molecule has 6 heteroatoms. The molecule has 0 aliphatic rings. The molecule has 0 bridgehead atoms. The molecule has 1 amide bonds. The number of hydrogen-bond donors (Lipinski definition) is 2. The molecule has 3 aromatic carbocycles. The maximum Gasteiger partial charge on any atom is 0.275 e. The van der Waals surface area contributed by atoms with Crippen molar-refractivity contribution < 1.29 is 9.90 Å². The Morgan fingerprint density at radius 1 is 1.04 bits per heavy atom. The molecule has 0 aromatic heterocycles. The Hall–Kier alpha value is -3.12. The summed E-state index contributed by atoms with van der Waals surface area (Å²) in [5.74, 6) is -0.579. The van der Waals surface area contributed by atoms with Crippen molar-refractivity contribution in [3.63, 3.8) is 0 Å². The summed E-state index contributed by atoms with van der Waals surface area (Å²) >= 11 is 3.27. The minimum Gasteiger partial charge on any atom is -0.507 e. The van der Waals surface area contributed by atoms with Crippen molar-refractivity contribution in [1.29, 1.82) is 0 Å². The number of amides is 1. The van der Waals surface area contributed by atoms with E-state index in [-0.39, 0.29) is 11.3 Å². The van der Waals surface area contributed by atoms with E-state index in [1.165, 1.54) is 12.1 Å². The highest BCUT2D eigenvalue weighted by Crippen LogP contribution is 2.23. The van der Waals surface area contributed by atoms with Crippen LogP contribution in [0.1, 0.15) is 15.9 Å². The number of benzene rings is 3. The monoisotopic (exact) mass is 423 g/mol. The van der Waals surface area contributed by atoms with E-state index >= 15 is 0 Å². The van der Waals surface area contributed by atoms with E-state index in [4.69, 9.17) is 0 Å². The number of carbonyl (C=O) groups is 1. The highest BCUT2D eigenvalue weighted by molar-refractivity contribution is 9.10. The fourth-order valence-corrected chi connectivity index (χ4v) is 2.86. The van der Waals surface area contributed by atoms with Crippen LogP contribution in [-0.2, 0) is 0 Å². The first-order valence-electron chi connectivity index (χ1n) is 8.25. The number of aromatic hydroxyl groups is 1. The number of halogens is 1. The quantitative estimate of drug-likeness (QED) is 0.462. The second-order valence-electron chi connectivity index (χ2n) is 5.85. The number of carbonyl (C=O) groups excluding carboxylic acids is 1. The summed E-state index contributed by atoms with van der Waals surface area (Å²) in [5.41, 5.74) is 5.56. The Bertz CT molecular complexity index is 957. The van der Waals surface area contributed by atoms with Gasteiger partial charge in [-0.2, -0.15) is 5.10 Å². The van der Waals surface area contributed by atoms with Gasteiger partial charge in [-0.3, -0.25) is 4.79 Å². The van der Waals surface area contributed by atoms with Crippen molar-refractivity contribution in [2.75, 3.05) is 11.9 Å². The molecule has 0 spiro atoms. The second-order valence-corrected chi connectivity index (χ2v) is 6.76. The minimum absolute atomic E-state index is 0.0980. The first-order valence-corrected chi connectivity index (χ1v) is 9.04. The van der Waals surface area contributed by atoms with E-state index < -0.39 is 5.91 Å². The third-order valence-corrected chi connectivity index (χ3v) is 4.50. The van der Waals surface area contributed by atoms with Gasteiger partial charge in [0.25, 0.3) is 5.91 Å². The van der Waals surface area contributed by atoms with Gasteiger partial charge in [-0.15, -0.1) is 0 Å². The predicted molar refractivity (Wildman–Crippen MR) is 112 cm³/mol. The largest absolute Gasteiger partial charge is 0.507 e. The van der Waals surface area contributed by atoms with Crippen molar-refractivity contribution in [1.82, 2.24) is 5.43 Å². The van der Waals surface area contributed by atoms with Crippen LogP contribution in [-0.4, -0.2) is 24.3 Å². The standard InChI is InChI=1S/C21H18BrN3O2/c1-25(17-5-3-2-4-6-17)18-10-7-15(8-11-18)14-23-24-21(27)19-13-16(22)9-12-20(19)26/h2-14,26H,1H3,(H,24,27)/b23-14+. The van der Waals surface area contributed by atoms with E-state index in [1.54, 1.807) is 12.3 Å². The van der Waals surface area contributed by atoms with Gasteiger partial charge in [-0.05, 0) is 48.0 Å². The third kappa shape index (κ3) is 4.74. The van der Waals surface area contributed by atoms with Crippen LogP contribution >= 0.6 is 15.9 Å². The zero-order valence-corrected chi connectivity index (χ0v) is 16.2. The first kappa shape index (κ1) is 18.7. The number of hydrazone groups is 1. The number of anilines is 2. The van der Waals surface area contributed by atoms with Crippen LogP contribution in [0.3, 0.4) is 0 Å². The zero-order chi connectivity index (χ0) is 19.2. The molecule has 0 aliphatic carbocycles. The van der Waals surface area contributed by atoms with Crippen LogP contribution in [0.2, 0.25) is 0 Å². The molecule has 0 unspecified atom stereocenters. The maximum atomic E-state index is 12.1. The lowest BCUT2D eigenvalue weighted by Crippen LogP contribution is -2.17. The van der Waals surface area contributed by atoms with Crippen molar-refractivity contribution in [3.8, 4) is 5.75 Å². The second kappa shape index (κ2) is 8.51. The summed E-state index contributed by atoms with van der Waals surface area (Å²) in [6, 6.07) is 22.5. The van der Waals surface area contributed by atoms with Gasteiger partial charge >= 0.3 is 0 Å². The Morgan fingerprint density at radius 2 is 1.70 bits per heavy atom. The highest BCUT2D eigenvalue weighted by atomic mass is 79.9. The van der Waals surface area contributed by atoms with E-state index in [1.807, 2.05) is 61.6 Å². The molecule has 0 radical (unpaired) electrons. The number of rotatable bonds is 5. The maximum absolute atomic E-state index is 12.1. The molecule has 0 atom stereocenters. The lowest BCUT2D eigenvalue weighted by Gasteiger charge is -2.19. The lowest BCUT2D eigenvalue weighted by atomic mass is 10.2. The van der Waals surface area contributed by atoms with Crippen LogP contribution in [0, 0.1) is 0 Å². The molecule has 0 saturated heterocycles. The molecule has 0 saturated carbocycles. The number of nitrogens with zero attached hydrogens (tertiary/aromatic N) is 2. The molecular formula is C21H18BrN3O2. The van der Waals surface area contributed by atoms with E-state index in [2.05, 4.69) is 31.4 Å². The van der Waals surface area contributed by atoms with Gasteiger partial charge in [0, 0.05) is 22.9 Å². The van der Waals surface area contributed by atoms with Crippen LogP contribution < -0.4 is 10.3 Å². The van der Waals surface area contributed by atoms with E-state index in [0.717, 1.165) is 16.9 Å². The molecule has 0 fully saturated rings. The van der Waals surface area contributed by atoms with Crippen molar-refractivity contribution in [3.05, 3.63) is 88.4 Å². The lowest BCUT2D eigenvalue weighted by molar-refractivity contribution is 0.0952. The normalized spacial score (nSPS) is 10.7. The Morgan fingerprint density at radius 3 is 2.41 bits per heavy atom. The van der Waals surface area contributed by atoms with Crippen LogP contribution in [0.25, 0.3) is 0 Å². The summed E-state index contributed by atoms with van der Waals surface area (Å²) in [4.78, 5) is 14.2. The van der Waals surface area contributed by atoms with Gasteiger partial charge in [0.15, 0.2) is 0 Å². The van der Waals surface area contributed by atoms with Gasteiger partial charge in [0.2, 0.25) is 0 Å². The highest BCUT2D eigenvalue weighted by Gasteiger charge is 2.10.